The molecule has 0 bridgehead atoms. The molecule has 0 radical (unpaired) electrons. The van der Waals surface area contributed by atoms with Crippen LogP contribution in [0.25, 0.3) is 0 Å². The monoisotopic (exact) mass is 320 g/mol. The number of piperazine rings is 1. The fourth-order valence-corrected chi connectivity index (χ4v) is 2.76. The molecular weight excluding hydrogens is 292 g/mol. The molecule has 23 heavy (non-hydrogen) atoms. The van der Waals surface area contributed by atoms with Gasteiger partial charge in [0.1, 0.15) is 5.60 Å². The number of carbonyl (C=O) groups is 1. The van der Waals surface area contributed by atoms with Crippen molar-refractivity contribution in [3.05, 3.63) is 35.9 Å². The Balaban J connectivity index is 1.98. The molecule has 1 aliphatic rings. The first-order valence-corrected chi connectivity index (χ1v) is 8.14. The van der Waals surface area contributed by atoms with Crippen LogP contribution in [0.3, 0.4) is 0 Å². The Kier molecular flexibility index (Phi) is 6.02. The van der Waals surface area contributed by atoms with Gasteiger partial charge in [0.05, 0.1) is 12.6 Å². The molecule has 0 aromatic heterocycles. The second-order valence-corrected chi connectivity index (χ2v) is 6.99. The SMILES string of the molecule is COCC1CN(C(=O)OC(C)(C)C)CCN1Cc1ccccc1. The summed E-state index contributed by atoms with van der Waals surface area (Å²) >= 11 is 0. The van der Waals surface area contributed by atoms with Gasteiger partial charge >= 0.3 is 6.09 Å². The molecule has 1 saturated heterocycles. The Bertz CT molecular complexity index is 499. The number of hydrogen-bond donors (Lipinski definition) is 0. The van der Waals surface area contributed by atoms with Crippen LogP contribution in [0.1, 0.15) is 26.3 Å². The molecule has 1 unspecified atom stereocenters. The van der Waals surface area contributed by atoms with Gasteiger partial charge in [-0.1, -0.05) is 30.3 Å². The third-order valence-electron chi connectivity index (χ3n) is 3.84. The molecule has 128 valence electrons. The molecule has 1 fully saturated rings. The van der Waals surface area contributed by atoms with Gasteiger partial charge in [0, 0.05) is 33.3 Å². The van der Waals surface area contributed by atoms with Crippen molar-refractivity contribution in [1.29, 1.82) is 0 Å². The van der Waals surface area contributed by atoms with E-state index in [0.29, 0.717) is 19.7 Å². The molecule has 1 atom stereocenters. The zero-order valence-corrected chi connectivity index (χ0v) is 14.6. The summed E-state index contributed by atoms with van der Waals surface area (Å²) in [5, 5.41) is 0. The van der Waals surface area contributed by atoms with Crippen LogP contribution in [0.4, 0.5) is 4.79 Å². The first-order valence-electron chi connectivity index (χ1n) is 8.14. The molecule has 1 amide bonds. The molecule has 0 N–H and O–H groups in total. The van der Waals surface area contributed by atoms with Gasteiger partial charge < -0.3 is 14.4 Å². The molecule has 1 heterocycles. The van der Waals surface area contributed by atoms with Gasteiger partial charge in [0.25, 0.3) is 0 Å². The van der Waals surface area contributed by atoms with E-state index in [2.05, 4.69) is 29.2 Å². The molecule has 1 aliphatic heterocycles. The summed E-state index contributed by atoms with van der Waals surface area (Å²) in [4.78, 5) is 16.4. The average Bonchev–Trinajstić information content (AvgIpc) is 2.48. The normalized spacial score (nSPS) is 19.7. The van der Waals surface area contributed by atoms with Crippen molar-refractivity contribution in [2.45, 2.75) is 39.0 Å². The molecule has 1 aromatic rings. The quantitative estimate of drug-likeness (QED) is 0.855. The largest absolute Gasteiger partial charge is 0.444 e. The maximum atomic E-state index is 12.3. The van der Waals surface area contributed by atoms with Crippen LogP contribution in [0.2, 0.25) is 0 Å². The summed E-state index contributed by atoms with van der Waals surface area (Å²) in [5.74, 6) is 0. The summed E-state index contributed by atoms with van der Waals surface area (Å²) in [6.45, 7) is 9.29. The van der Waals surface area contributed by atoms with Crippen LogP contribution in [-0.2, 0) is 16.0 Å². The van der Waals surface area contributed by atoms with Gasteiger partial charge in [0.15, 0.2) is 0 Å². The Morgan fingerprint density at radius 3 is 2.52 bits per heavy atom. The predicted molar refractivity (Wildman–Crippen MR) is 90.3 cm³/mol. The van der Waals surface area contributed by atoms with Gasteiger partial charge in [-0.2, -0.15) is 0 Å². The average molecular weight is 320 g/mol. The number of rotatable bonds is 4. The molecule has 0 saturated carbocycles. The van der Waals surface area contributed by atoms with E-state index in [1.165, 1.54) is 5.56 Å². The predicted octanol–water partition coefficient (Wildman–Crippen LogP) is 2.75. The number of hydrogen-bond acceptors (Lipinski definition) is 4. The second-order valence-electron chi connectivity index (χ2n) is 6.99. The van der Waals surface area contributed by atoms with Crippen molar-refractivity contribution in [2.75, 3.05) is 33.4 Å². The molecule has 0 spiro atoms. The van der Waals surface area contributed by atoms with Crippen LogP contribution < -0.4 is 0 Å². The smallest absolute Gasteiger partial charge is 0.410 e. The number of carbonyl (C=O) groups excluding carboxylic acids is 1. The lowest BCUT2D eigenvalue weighted by Gasteiger charge is -2.41. The Morgan fingerprint density at radius 1 is 1.22 bits per heavy atom. The summed E-state index contributed by atoms with van der Waals surface area (Å²) in [6, 6.07) is 10.6. The standard InChI is InChI=1S/C18H28N2O3/c1-18(2,3)23-17(21)20-11-10-19(16(13-20)14-22-4)12-15-8-6-5-7-9-15/h5-9,16H,10-14H2,1-4H3. The fraction of sp³-hybridized carbons (Fsp3) is 0.611. The lowest BCUT2D eigenvalue weighted by molar-refractivity contribution is -0.0108. The minimum atomic E-state index is -0.463. The Hall–Kier alpha value is -1.59. The van der Waals surface area contributed by atoms with Crippen molar-refractivity contribution < 1.29 is 14.3 Å². The van der Waals surface area contributed by atoms with E-state index in [0.717, 1.165) is 13.1 Å². The molecule has 2 rings (SSSR count). The van der Waals surface area contributed by atoms with Crippen LogP contribution in [-0.4, -0.2) is 60.9 Å². The van der Waals surface area contributed by atoms with Crippen LogP contribution in [0, 0.1) is 0 Å². The lowest BCUT2D eigenvalue weighted by Crippen LogP contribution is -2.56. The van der Waals surface area contributed by atoms with E-state index in [9.17, 15) is 4.79 Å². The highest BCUT2D eigenvalue weighted by Crippen LogP contribution is 2.17. The lowest BCUT2D eigenvalue weighted by atomic mass is 10.1. The minimum Gasteiger partial charge on any atom is -0.444 e. The van der Waals surface area contributed by atoms with Gasteiger partial charge in [-0.15, -0.1) is 0 Å². The zero-order chi connectivity index (χ0) is 16.9. The highest BCUT2D eigenvalue weighted by atomic mass is 16.6. The summed E-state index contributed by atoms with van der Waals surface area (Å²) in [7, 11) is 1.70. The minimum absolute atomic E-state index is 0.182. The van der Waals surface area contributed by atoms with E-state index in [4.69, 9.17) is 9.47 Å². The Labute approximate surface area is 139 Å². The number of benzene rings is 1. The van der Waals surface area contributed by atoms with E-state index in [-0.39, 0.29) is 12.1 Å². The highest BCUT2D eigenvalue weighted by molar-refractivity contribution is 5.68. The maximum Gasteiger partial charge on any atom is 0.410 e. The summed E-state index contributed by atoms with van der Waals surface area (Å²) in [6.07, 6.45) is -0.238. The number of methoxy groups -OCH3 is 1. The second kappa shape index (κ2) is 7.79. The van der Waals surface area contributed by atoms with Gasteiger partial charge in [-0.05, 0) is 26.3 Å². The van der Waals surface area contributed by atoms with Crippen molar-refractivity contribution in [2.24, 2.45) is 0 Å². The number of nitrogens with zero attached hydrogens (tertiary/aromatic N) is 2. The van der Waals surface area contributed by atoms with E-state index >= 15 is 0 Å². The molecule has 1 aromatic carbocycles. The molecule has 0 aliphatic carbocycles. The van der Waals surface area contributed by atoms with Crippen molar-refractivity contribution in [1.82, 2.24) is 9.80 Å². The van der Waals surface area contributed by atoms with Gasteiger partial charge in [-0.25, -0.2) is 4.79 Å². The zero-order valence-electron chi connectivity index (χ0n) is 14.6. The van der Waals surface area contributed by atoms with Crippen molar-refractivity contribution >= 4 is 6.09 Å². The summed E-state index contributed by atoms with van der Waals surface area (Å²) < 4.78 is 10.8. The third kappa shape index (κ3) is 5.52. The topological polar surface area (TPSA) is 42.0 Å². The molecule has 5 heteroatoms. The first-order chi connectivity index (χ1) is 10.9. The van der Waals surface area contributed by atoms with E-state index in [1.54, 1.807) is 12.0 Å². The van der Waals surface area contributed by atoms with E-state index < -0.39 is 5.60 Å². The van der Waals surface area contributed by atoms with Gasteiger partial charge in [-0.3, -0.25) is 4.90 Å². The number of ether oxygens (including phenoxy) is 2. The van der Waals surface area contributed by atoms with Gasteiger partial charge in [0.2, 0.25) is 0 Å². The van der Waals surface area contributed by atoms with Crippen molar-refractivity contribution in [3.8, 4) is 0 Å². The van der Waals surface area contributed by atoms with Crippen LogP contribution in [0.15, 0.2) is 30.3 Å². The maximum absolute atomic E-state index is 12.3. The fourth-order valence-electron chi connectivity index (χ4n) is 2.76. The molecular formula is C18H28N2O3. The van der Waals surface area contributed by atoms with Crippen LogP contribution >= 0.6 is 0 Å². The van der Waals surface area contributed by atoms with E-state index in [1.807, 2.05) is 26.8 Å². The van der Waals surface area contributed by atoms with Crippen LogP contribution in [0.5, 0.6) is 0 Å². The highest BCUT2D eigenvalue weighted by Gasteiger charge is 2.31. The summed E-state index contributed by atoms with van der Waals surface area (Å²) in [5.41, 5.74) is 0.814. The Morgan fingerprint density at radius 2 is 1.91 bits per heavy atom. The van der Waals surface area contributed by atoms with Crippen molar-refractivity contribution in [3.63, 3.8) is 0 Å². The third-order valence-corrected chi connectivity index (χ3v) is 3.84. The first kappa shape index (κ1) is 17.8. The molecule has 5 nitrogen and oxygen atoms in total. The number of amides is 1.